The van der Waals surface area contributed by atoms with Crippen molar-refractivity contribution in [2.24, 2.45) is 5.41 Å². The van der Waals surface area contributed by atoms with Crippen LogP contribution in [0.15, 0.2) is 46.5 Å². The van der Waals surface area contributed by atoms with Crippen molar-refractivity contribution in [3.63, 3.8) is 0 Å². The summed E-state index contributed by atoms with van der Waals surface area (Å²) in [5, 5.41) is 13.5. The Bertz CT molecular complexity index is 1110. The summed E-state index contributed by atoms with van der Waals surface area (Å²) in [5.41, 5.74) is 1.82. The molecule has 33 heavy (non-hydrogen) atoms. The number of nitrogens with zero attached hydrogens (tertiary/aromatic N) is 4. The van der Waals surface area contributed by atoms with Crippen LogP contribution in [0.3, 0.4) is 0 Å². The Labute approximate surface area is 196 Å². The van der Waals surface area contributed by atoms with Gasteiger partial charge < -0.3 is 15.5 Å². The molecule has 0 bridgehead atoms. The number of rotatable bonds is 9. The number of aromatic nitrogens is 4. The zero-order chi connectivity index (χ0) is 23.4. The zero-order valence-electron chi connectivity index (χ0n) is 19.0. The van der Waals surface area contributed by atoms with Crippen LogP contribution in [-0.2, 0) is 4.79 Å². The average Bonchev–Trinajstić information content (AvgIpc) is 3.17. The van der Waals surface area contributed by atoms with E-state index in [4.69, 9.17) is 4.98 Å². The maximum absolute atomic E-state index is 12.4. The summed E-state index contributed by atoms with van der Waals surface area (Å²) in [6, 6.07) is 11.0. The smallest absolute Gasteiger partial charge is 0.255 e. The second-order valence-electron chi connectivity index (χ2n) is 8.68. The molecule has 1 aliphatic rings. The number of nitrogens with one attached hydrogen (secondary N) is 3. The van der Waals surface area contributed by atoms with Crippen LogP contribution in [0.2, 0.25) is 0 Å². The molecule has 0 aliphatic carbocycles. The van der Waals surface area contributed by atoms with E-state index >= 15 is 0 Å². The van der Waals surface area contributed by atoms with E-state index in [0.717, 1.165) is 29.5 Å². The van der Waals surface area contributed by atoms with Gasteiger partial charge in [-0.3, -0.25) is 9.89 Å². The Kier molecular flexibility index (Phi) is 6.83. The van der Waals surface area contributed by atoms with Gasteiger partial charge in [-0.2, -0.15) is 5.10 Å². The van der Waals surface area contributed by atoms with Crippen molar-refractivity contribution in [2.75, 3.05) is 35.3 Å². The van der Waals surface area contributed by atoms with Gasteiger partial charge in [0.2, 0.25) is 0 Å². The molecule has 2 aromatic heterocycles. The van der Waals surface area contributed by atoms with E-state index in [-0.39, 0.29) is 0 Å². The highest BCUT2D eigenvalue weighted by molar-refractivity contribution is 7.99. The van der Waals surface area contributed by atoms with Gasteiger partial charge in [0.05, 0.1) is 0 Å². The van der Waals surface area contributed by atoms with E-state index in [1.807, 2.05) is 31.2 Å². The van der Waals surface area contributed by atoms with Gasteiger partial charge in [-0.25, -0.2) is 14.4 Å². The van der Waals surface area contributed by atoms with E-state index in [0.29, 0.717) is 27.9 Å². The lowest BCUT2D eigenvalue weighted by molar-refractivity contribution is -0.117. The monoisotopic (exact) mass is 469 g/mol. The molecule has 1 saturated heterocycles. The highest BCUT2D eigenvalue weighted by Gasteiger charge is 2.38. The fourth-order valence-electron chi connectivity index (χ4n) is 4.00. The minimum Gasteiger partial charge on any atom is -0.355 e. The van der Waals surface area contributed by atoms with Crippen molar-refractivity contribution in [3.05, 3.63) is 42.1 Å². The summed E-state index contributed by atoms with van der Waals surface area (Å²) in [6.07, 6.45) is 2.36. The van der Waals surface area contributed by atoms with E-state index in [9.17, 15) is 9.18 Å². The molecule has 0 spiro atoms. The van der Waals surface area contributed by atoms with E-state index in [2.05, 4.69) is 44.6 Å². The molecule has 1 amide bonds. The molecule has 1 fully saturated rings. The maximum Gasteiger partial charge on any atom is 0.255 e. The second-order valence-corrected chi connectivity index (χ2v) is 9.72. The van der Waals surface area contributed by atoms with Crippen molar-refractivity contribution in [2.45, 2.75) is 43.7 Å². The Morgan fingerprint density at radius 2 is 1.97 bits per heavy atom. The third-order valence-electron chi connectivity index (χ3n) is 5.45. The molecular formula is C23H28FN7OS. The van der Waals surface area contributed by atoms with Gasteiger partial charge in [0.25, 0.3) is 5.91 Å². The number of carbonyl (C=O) groups is 1. The lowest BCUT2D eigenvalue weighted by Crippen LogP contribution is -2.55. The topological polar surface area (TPSA) is 98.8 Å². The van der Waals surface area contributed by atoms with Crippen LogP contribution in [0.25, 0.3) is 0 Å². The SMILES string of the molecule is CCCC1(C)CN(c2cc(Nc3cc(C)[nH]n3)nc(Sc3ccc(NC(=O)CF)cc3)n2)C1. The second kappa shape index (κ2) is 9.78. The summed E-state index contributed by atoms with van der Waals surface area (Å²) in [7, 11) is 0. The van der Waals surface area contributed by atoms with Crippen LogP contribution < -0.4 is 15.5 Å². The van der Waals surface area contributed by atoms with E-state index in [1.165, 1.54) is 24.6 Å². The molecule has 3 N–H and O–H groups in total. The molecule has 4 rings (SSSR count). The molecule has 0 atom stereocenters. The minimum absolute atomic E-state index is 0.319. The fraction of sp³-hybridized carbons (Fsp3) is 0.391. The average molecular weight is 470 g/mol. The fourth-order valence-corrected chi connectivity index (χ4v) is 4.77. The molecule has 1 aliphatic heterocycles. The number of carbonyl (C=O) groups excluding carboxylic acids is 1. The van der Waals surface area contributed by atoms with Crippen LogP contribution in [0.4, 0.5) is 27.5 Å². The van der Waals surface area contributed by atoms with Crippen LogP contribution >= 0.6 is 11.8 Å². The molecule has 0 unspecified atom stereocenters. The summed E-state index contributed by atoms with van der Waals surface area (Å²) in [5.74, 6) is 1.58. The van der Waals surface area contributed by atoms with Crippen molar-refractivity contribution < 1.29 is 9.18 Å². The third-order valence-corrected chi connectivity index (χ3v) is 6.32. The highest BCUT2D eigenvalue weighted by atomic mass is 32.2. The summed E-state index contributed by atoms with van der Waals surface area (Å²) in [6.45, 7) is 7.36. The highest BCUT2D eigenvalue weighted by Crippen LogP contribution is 2.38. The van der Waals surface area contributed by atoms with Gasteiger partial charge in [0.1, 0.15) is 11.6 Å². The zero-order valence-corrected chi connectivity index (χ0v) is 19.8. The van der Waals surface area contributed by atoms with Crippen molar-refractivity contribution in [1.82, 2.24) is 20.2 Å². The standard InChI is InChI=1S/C23H28FN7OS/c1-4-9-23(3)13-31(14-23)20-11-18(26-19-10-15(2)29-30-19)27-22(28-20)33-17-7-5-16(6-8-17)25-21(32)12-24/h5-8,10-11H,4,9,12-14H2,1-3H3,(H,25,32)(H2,26,27,28,29,30). The lowest BCUT2D eigenvalue weighted by atomic mass is 9.78. The first-order valence-corrected chi connectivity index (χ1v) is 11.7. The Hall–Kier alpha value is -3.14. The number of H-pyrrole nitrogens is 1. The predicted molar refractivity (Wildman–Crippen MR) is 129 cm³/mol. The first-order chi connectivity index (χ1) is 15.9. The molecule has 3 aromatic rings. The number of hydrogen-bond donors (Lipinski definition) is 3. The molecular weight excluding hydrogens is 441 g/mol. The van der Waals surface area contributed by atoms with Gasteiger partial charge in [0, 0.05) is 46.9 Å². The molecule has 1 aromatic carbocycles. The number of aromatic amines is 1. The summed E-state index contributed by atoms with van der Waals surface area (Å²) in [4.78, 5) is 23.9. The van der Waals surface area contributed by atoms with Crippen LogP contribution in [0, 0.1) is 12.3 Å². The lowest BCUT2D eigenvalue weighted by Gasteiger charge is -2.49. The van der Waals surface area contributed by atoms with Crippen molar-refractivity contribution in [1.29, 1.82) is 0 Å². The van der Waals surface area contributed by atoms with Crippen LogP contribution in [-0.4, -0.2) is 45.8 Å². The van der Waals surface area contributed by atoms with Crippen LogP contribution in [0.1, 0.15) is 32.4 Å². The van der Waals surface area contributed by atoms with Gasteiger partial charge in [-0.05, 0) is 49.4 Å². The molecule has 0 radical (unpaired) electrons. The van der Waals surface area contributed by atoms with Gasteiger partial charge in [-0.1, -0.05) is 20.3 Å². The largest absolute Gasteiger partial charge is 0.355 e. The number of halogens is 1. The quantitative estimate of drug-likeness (QED) is 0.382. The molecule has 10 heteroatoms. The van der Waals surface area contributed by atoms with Gasteiger partial charge in [-0.15, -0.1) is 0 Å². The first-order valence-electron chi connectivity index (χ1n) is 10.9. The predicted octanol–water partition coefficient (Wildman–Crippen LogP) is 4.94. The van der Waals surface area contributed by atoms with E-state index in [1.54, 1.807) is 12.1 Å². The molecule has 8 nitrogen and oxygen atoms in total. The first kappa shape index (κ1) is 23.0. The molecule has 3 heterocycles. The number of amides is 1. The van der Waals surface area contributed by atoms with Gasteiger partial charge >= 0.3 is 0 Å². The number of hydrogen-bond acceptors (Lipinski definition) is 7. The Morgan fingerprint density at radius 1 is 1.21 bits per heavy atom. The Balaban J connectivity index is 1.54. The third kappa shape index (κ3) is 5.81. The number of anilines is 4. The molecule has 174 valence electrons. The number of benzene rings is 1. The number of aryl methyl sites for hydroxylation is 1. The maximum atomic E-state index is 12.4. The normalized spacial score (nSPS) is 14.6. The Morgan fingerprint density at radius 3 is 2.61 bits per heavy atom. The van der Waals surface area contributed by atoms with E-state index < -0.39 is 12.6 Å². The molecule has 0 saturated carbocycles. The summed E-state index contributed by atoms with van der Waals surface area (Å²) >= 11 is 1.42. The summed E-state index contributed by atoms with van der Waals surface area (Å²) < 4.78 is 12.4. The van der Waals surface area contributed by atoms with Crippen molar-refractivity contribution in [3.8, 4) is 0 Å². The van der Waals surface area contributed by atoms with Gasteiger partial charge in [0.15, 0.2) is 17.6 Å². The minimum atomic E-state index is -1.05. The van der Waals surface area contributed by atoms with Crippen molar-refractivity contribution >= 4 is 40.8 Å². The number of alkyl halides is 1. The van der Waals surface area contributed by atoms with Crippen LogP contribution in [0.5, 0.6) is 0 Å².